The zero-order chi connectivity index (χ0) is 21.0. The molecule has 0 atom stereocenters. The van der Waals surface area contributed by atoms with E-state index in [1.165, 1.54) is 17.7 Å². The molecular formula is C23H24ClFN2O2. The van der Waals surface area contributed by atoms with Gasteiger partial charge in [0.2, 0.25) is 0 Å². The van der Waals surface area contributed by atoms with Crippen LogP contribution in [-0.2, 0) is 19.5 Å². The number of carboxylic acid groups (broad SMARTS) is 1. The van der Waals surface area contributed by atoms with Crippen molar-refractivity contribution >= 4 is 17.6 Å². The molecule has 0 amide bonds. The predicted molar refractivity (Wildman–Crippen MR) is 113 cm³/mol. The summed E-state index contributed by atoms with van der Waals surface area (Å²) in [6.07, 6.45) is 0.827. The van der Waals surface area contributed by atoms with E-state index in [0.29, 0.717) is 29.4 Å². The molecule has 0 aliphatic carbocycles. The zero-order valence-electron chi connectivity index (χ0n) is 16.5. The van der Waals surface area contributed by atoms with Crippen molar-refractivity contribution in [1.82, 2.24) is 9.88 Å². The van der Waals surface area contributed by atoms with Gasteiger partial charge >= 0.3 is 5.97 Å². The molecule has 2 N–H and O–H groups in total. The second-order valence-corrected chi connectivity index (χ2v) is 7.53. The fourth-order valence-corrected chi connectivity index (χ4v) is 3.68. The second-order valence-electron chi connectivity index (χ2n) is 7.10. The Balaban J connectivity index is 1.74. The maximum absolute atomic E-state index is 13.2. The first-order valence-corrected chi connectivity index (χ1v) is 9.86. The van der Waals surface area contributed by atoms with Crippen LogP contribution < -0.4 is 5.32 Å². The molecule has 3 aromatic rings. The van der Waals surface area contributed by atoms with Gasteiger partial charge in [-0.25, -0.2) is 9.18 Å². The highest BCUT2D eigenvalue weighted by molar-refractivity contribution is 6.30. The molecule has 0 saturated heterocycles. The van der Waals surface area contributed by atoms with Crippen molar-refractivity contribution in [2.45, 2.75) is 33.4 Å². The van der Waals surface area contributed by atoms with Crippen LogP contribution in [-0.4, -0.2) is 22.2 Å². The van der Waals surface area contributed by atoms with Crippen LogP contribution >= 0.6 is 11.6 Å². The first kappa shape index (κ1) is 21.1. The fraction of sp³-hybridized carbons (Fsp3) is 0.261. The summed E-state index contributed by atoms with van der Waals surface area (Å²) >= 11 is 5.91. The van der Waals surface area contributed by atoms with Crippen LogP contribution in [0.5, 0.6) is 0 Å². The molecule has 0 unspecified atom stereocenters. The number of nitrogens with one attached hydrogen (secondary N) is 1. The molecule has 29 heavy (non-hydrogen) atoms. The number of carboxylic acids is 1. The Kier molecular flexibility index (Phi) is 6.72. The Morgan fingerprint density at radius 3 is 2.28 bits per heavy atom. The molecular weight excluding hydrogens is 391 g/mol. The fourth-order valence-electron chi connectivity index (χ4n) is 3.56. The van der Waals surface area contributed by atoms with Crippen molar-refractivity contribution in [3.05, 3.63) is 93.0 Å². The Hall–Kier alpha value is -2.63. The second kappa shape index (κ2) is 9.25. The van der Waals surface area contributed by atoms with E-state index < -0.39 is 5.97 Å². The van der Waals surface area contributed by atoms with Crippen LogP contribution in [0.1, 0.15) is 38.4 Å². The van der Waals surface area contributed by atoms with Gasteiger partial charge in [-0.05, 0) is 62.2 Å². The van der Waals surface area contributed by atoms with Crippen molar-refractivity contribution in [2.75, 3.05) is 6.54 Å². The number of carbonyl (C=O) groups is 1. The highest BCUT2D eigenvalue weighted by atomic mass is 35.5. The minimum Gasteiger partial charge on any atom is -0.478 e. The average molecular weight is 415 g/mol. The maximum atomic E-state index is 13.2. The normalized spacial score (nSPS) is 11.0. The lowest BCUT2D eigenvalue weighted by molar-refractivity contribution is 0.0694. The van der Waals surface area contributed by atoms with Gasteiger partial charge in [-0.1, -0.05) is 35.9 Å². The van der Waals surface area contributed by atoms with E-state index in [-0.39, 0.29) is 5.82 Å². The van der Waals surface area contributed by atoms with Gasteiger partial charge < -0.3 is 15.0 Å². The van der Waals surface area contributed by atoms with Gasteiger partial charge in [-0.3, -0.25) is 0 Å². The summed E-state index contributed by atoms with van der Waals surface area (Å²) in [7, 11) is 0. The summed E-state index contributed by atoms with van der Waals surface area (Å²) in [5.74, 6) is -1.22. The van der Waals surface area contributed by atoms with Crippen LogP contribution in [0, 0.1) is 19.7 Å². The van der Waals surface area contributed by atoms with Crippen molar-refractivity contribution in [1.29, 1.82) is 0 Å². The summed E-state index contributed by atoms with van der Waals surface area (Å²) in [6.45, 7) is 5.44. The largest absolute Gasteiger partial charge is 0.478 e. The Bertz CT molecular complexity index is 995. The molecule has 0 bridgehead atoms. The van der Waals surface area contributed by atoms with Crippen molar-refractivity contribution in [2.24, 2.45) is 0 Å². The molecule has 0 aliphatic heterocycles. The summed E-state index contributed by atoms with van der Waals surface area (Å²) in [5.41, 5.74) is 4.82. The molecule has 1 aromatic heterocycles. The molecule has 0 radical (unpaired) electrons. The molecule has 0 aliphatic rings. The van der Waals surface area contributed by atoms with Gasteiger partial charge in [0, 0.05) is 35.1 Å². The highest BCUT2D eigenvalue weighted by Crippen LogP contribution is 2.24. The minimum atomic E-state index is -0.932. The third-order valence-corrected chi connectivity index (χ3v) is 5.44. The monoisotopic (exact) mass is 414 g/mol. The molecule has 0 saturated carbocycles. The summed E-state index contributed by atoms with van der Waals surface area (Å²) in [6, 6.07) is 14.0. The zero-order valence-corrected chi connectivity index (χ0v) is 17.3. The molecule has 152 valence electrons. The number of hydrogen-bond acceptors (Lipinski definition) is 2. The van der Waals surface area contributed by atoms with E-state index in [2.05, 4.69) is 5.32 Å². The summed E-state index contributed by atoms with van der Waals surface area (Å²) in [5, 5.41) is 13.8. The van der Waals surface area contributed by atoms with E-state index in [9.17, 15) is 14.3 Å². The molecule has 3 rings (SSSR count). The lowest BCUT2D eigenvalue weighted by Gasteiger charge is -2.10. The standard InChI is InChI=1S/C23H24ClFN2O2/c1-15-21(13-26-12-11-17-3-7-19(24)8-4-17)22(23(28)29)16(2)27(15)14-18-5-9-20(25)10-6-18/h3-10,26H,11-14H2,1-2H3,(H,28,29). The van der Waals surface area contributed by atoms with E-state index in [4.69, 9.17) is 11.6 Å². The van der Waals surface area contributed by atoms with Crippen LogP contribution in [0.4, 0.5) is 4.39 Å². The van der Waals surface area contributed by atoms with Gasteiger partial charge in [0.1, 0.15) is 5.82 Å². The third kappa shape index (κ3) is 5.05. The Morgan fingerprint density at radius 2 is 1.66 bits per heavy atom. The van der Waals surface area contributed by atoms with Gasteiger partial charge in [0.25, 0.3) is 0 Å². The van der Waals surface area contributed by atoms with Crippen LogP contribution in [0.2, 0.25) is 5.02 Å². The van der Waals surface area contributed by atoms with Crippen LogP contribution in [0.25, 0.3) is 0 Å². The number of benzene rings is 2. The topological polar surface area (TPSA) is 54.3 Å². The van der Waals surface area contributed by atoms with Crippen LogP contribution in [0.3, 0.4) is 0 Å². The van der Waals surface area contributed by atoms with Crippen molar-refractivity contribution in [3.63, 3.8) is 0 Å². The van der Waals surface area contributed by atoms with Crippen LogP contribution in [0.15, 0.2) is 48.5 Å². The Labute approximate surface area is 174 Å². The quantitative estimate of drug-likeness (QED) is 0.511. The number of aromatic nitrogens is 1. The van der Waals surface area contributed by atoms with Crippen molar-refractivity contribution in [3.8, 4) is 0 Å². The van der Waals surface area contributed by atoms with E-state index in [0.717, 1.165) is 29.8 Å². The van der Waals surface area contributed by atoms with Gasteiger partial charge in [0.15, 0.2) is 0 Å². The number of rotatable bonds is 8. The van der Waals surface area contributed by atoms with E-state index >= 15 is 0 Å². The number of aromatic carboxylic acids is 1. The lowest BCUT2D eigenvalue weighted by atomic mass is 10.1. The third-order valence-electron chi connectivity index (χ3n) is 5.18. The van der Waals surface area contributed by atoms with Gasteiger partial charge in [-0.15, -0.1) is 0 Å². The molecule has 0 fully saturated rings. The Morgan fingerprint density at radius 1 is 1.03 bits per heavy atom. The molecule has 4 nitrogen and oxygen atoms in total. The van der Waals surface area contributed by atoms with Gasteiger partial charge in [0.05, 0.1) is 5.56 Å². The molecule has 6 heteroatoms. The summed E-state index contributed by atoms with van der Waals surface area (Å²) < 4.78 is 15.2. The number of nitrogens with zero attached hydrogens (tertiary/aromatic N) is 1. The highest BCUT2D eigenvalue weighted by Gasteiger charge is 2.22. The van der Waals surface area contributed by atoms with E-state index in [1.807, 2.05) is 42.7 Å². The first-order chi connectivity index (χ1) is 13.9. The predicted octanol–water partition coefficient (Wildman–Crippen LogP) is 4.98. The van der Waals surface area contributed by atoms with Crippen molar-refractivity contribution < 1.29 is 14.3 Å². The maximum Gasteiger partial charge on any atom is 0.337 e. The first-order valence-electron chi connectivity index (χ1n) is 9.48. The molecule has 2 aromatic carbocycles. The molecule has 0 spiro atoms. The number of hydrogen-bond donors (Lipinski definition) is 2. The number of halogens is 2. The lowest BCUT2D eigenvalue weighted by Crippen LogP contribution is -2.18. The van der Waals surface area contributed by atoms with Gasteiger partial charge in [-0.2, -0.15) is 0 Å². The summed E-state index contributed by atoms with van der Waals surface area (Å²) in [4.78, 5) is 11.9. The SMILES string of the molecule is Cc1c(CNCCc2ccc(Cl)cc2)c(C(=O)O)c(C)n1Cc1ccc(F)cc1. The van der Waals surface area contributed by atoms with E-state index in [1.54, 1.807) is 12.1 Å². The minimum absolute atomic E-state index is 0.286. The smallest absolute Gasteiger partial charge is 0.337 e. The average Bonchev–Trinajstić information content (AvgIpc) is 2.92. The molecule has 1 heterocycles.